The normalized spacial score (nSPS) is 25.4. The Labute approximate surface area is 123 Å². The van der Waals surface area contributed by atoms with Gasteiger partial charge in [0.2, 0.25) is 4.87 Å². The SMILES string of the molecule is Cc1ccc([C@]2(C(F)(F)F)NC(=O)N3CCN=C3S2)cc1. The first-order valence-electron chi connectivity index (χ1n) is 6.30. The highest BCUT2D eigenvalue weighted by atomic mass is 32.2. The Morgan fingerprint density at radius 2 is 2.00 bits per heavy atom. The summed E-state index contributed by atoms with van der Waals surface area (Å²) in [7, 11) is 0. The number of carbonyl (C=O) groups excluding carboxylic acids is 1. The van der Waals surface area contributed by atoms with Crippen molar-refractivity contribution in [2.45, 2.75) is 18.0 Å². The molecule has 1 saturated heterocycles. The number of carbonyl (C=O) groups is 1. The second-order valence-electron chi connectivity index (χ2n) is 4.89. The maximum absolute atomic E-state index is 13.7. The summed E-state index contributed by atoms with van der Waals surface area (Å²) in [5.74, 6) is 0. The molecule has 0 saturated carbocycles. The molecule has 1 N–H and O–H groups in total. The number of hydrogen-bond acceptors (Lipinski definition) is 3. The largest absolute Gasteiger partial charge is 0.425 e. The minimum Gasteiger partial charge on any atom is -0.311 e. The summed E-state index contributed by atoms with van der Waals surface area (Å²) < 4.78 is 41.1. The number of alkyl halides is 3. The molecular formula is C13H12F3N3OS. The lowest BCUT2D eigenvalue weighted by atomic mass is 10.0. The van der Waals surface area contributed by atoms with Crippen molar-refractivity contribution < 1.29 is 18.0 Å². The van der Waals surface area contributed by atoms with Gasteiger partial charge in [-0.25, -0.2) is 4.79 Å². The number of amidine groups is 1. The van der Waals surface area contributed by atoms with Crippen LogP contribution < -0.4 is 5.32 Å². The number of aryl methyl sites for hydroxylation is 1. The highest BCUT2D eigenvalue weighted by molar-refractivity contribution is 8.14. The van der Waals surface area contributed by atoms with Crippen LogP contribution in [0.25, 0.3) is 0 Å². The highest BCUT2D eigenvalue weighted by Crippen LogP contribution is 2.50. The zero-order chi connectivity index (χ0) is 15.3. The maximum Gasteiger partial charge on any atom is 0.425 e. The average Bonchev–Trinajstić information content (AvgIpc) is 2.86. The Bertz CT molecular complexity index is 614. The number of amides is 2. The molecule has 112 valence electrons. The van der Waals surface area contributed by atoms with Crippen LogP contribution in [0.15, 0.2) is 29.3 Å². The number of urea groups is 1. The third-order valence-electron chi connectivity index (χ3n) is 3.43. The molecule has 0 radical (unpaired) electrons. The first-order chi connectivity index (χ1) is 9.83. The lowest BCUT2D eigenvalue weighted by Crippen LogP contribution is -2.62. The Kier molecular flexibility index (Phi) is 3.16. The molecule has 3 rings (SSSR count). The third kappa shape index (κ3) is 2.17. The fourth-order valence-corrected chi connectivity index (χ4v) is 3.52. The molecule has 2 heterocycles. The summed E-state index contributed by atoms with van der Waals surface area (Å²) in [6.07, 6.45) is -4.64. The molecule has 1 atom stereocenters. The van der Waals surface area contributed by atoms with Gasteiger partial charge >= 0.3 is 12.2 Å². The number of halogens is 3. The van der Waals surface area contributed by atoms with E-state index in [1.54, 1.807) is 19.1 Å². The molecule has 0 unspecified atom stereocenters. The smallest absolute Gasteiger partial charge is 0.311 e. The van der Waals surface area contributed by atoms with Gasteiger partial charge < -0.3 is 5.32 Å². The summed E-state index contributed by atoms with van der Waals surface area (Å²) in [6.45, 7) is 2.44. The van der Waals surface area contributed by atoms with Crippen molar-refractivity contribution in [3.8, 4) is 0 Å². The minimum atomic E-state index is -4.64. The van der Waals surface area contributed by atoms with Crippen molar-refractivity contribution >= 4 is 23.0 Å². The van der Waals surface area contributed by atoms with E-state index in [0.29, 0.717) is 24.9 Å². The van der Waals surface area contributed by atoms with E-state index in [2.05, 4.69) is 10.3 Å². The molecule has 0 aliphatic carbocycles. The van der Waals surface area contributed by atoms with Crippen LogP contribution >= 0.6 is 11.8 Å². The van der Waals surface area contributed by atoms with Crippen molar-refractivity contribution in [1.29, 1.82) is 0 Å². The minimum absolute atomic E-state index is 0.00630. The van der Waals surface area contributed by atoms with Gasteiger partial charge in [0.1, 0.15) is 0 Å². The summed E-state index contributed by atoms with van der Waals surface area (Å²) in [6, 6.07) is 5.21. The van der Waals surface area contributed by atoms with E-state index in [-0.39, 0.29) is 10.7 Å². The van der Waals surface area contributed by atoms with E-state index in [0.717, 1.165) is 5.56 Å². The first-order valence-corrected chi connectivity index (χ1v) is 7.12. The Morgan fingerprint density at radius 3 is 2.62 bits per heavy atom. The molecule has 21 heavy (non-hydrogen) atoms. The van der Waals surface area contributed by atoms with Crippen molar-refractivity contribution in [1.82, 2.24) is 10.2 Å². The summed E-state index contributed by atoms with van der Waals surface area (Å²) >= 11 is 0.538. The Balaban J connectivity index is 2.10. The molecule has 4 nitrogen and oxygen atoms in total. The van der Waals surface area contributed by atoms with E-state index in [9.17, 15) is 18.0 Å². The van der Waals surface area contributed by atoms with Gasteiger partial charge in [0.25, 0.3) is 0 Å². The predicted molar refractivity (Wildman–Crippen MR) is 74.0 cm³/mol. The predicted octanol–water partition coefficient (Wildman–Crippen LogP) is 2.84. The number of thioether (sulfide) groups is 1. The van der Waals surface area contributed by atoms with E-state index >= 15 is 0 Å². The molecule has 8 heteroatoms. The van der Waals surface area contributed by atoms with Crippen LogP contribution in [0.4, 0.5) is 18.0 Å². The van der Waals surface area contributed by atoms with Crippen LogP contribution in [0, 0.1) is 6.92 Å². The molecule has 0 aromatic heterocycles. The van der Waals surface area contributed by atoms with Crippen LogP contribution in [0.5, 0.6) is 0 Å². The second-order valence-corrected chi connectivity index (χ2v) is 6.07. The Hall–Kier alpha value is -1.70. The van der Waals surface area contributed by atoms with Gasteiger partial charge in [-0.05, 0) is 24.2 Å². The van der Waals surface area contributed by atoms with Gasteiger partial charge in [-0.3, -0.25) is 9.89 Å². The van der Waals surface area contributed by atoms with Crippen molar-refractivity contribution in [2.75, 3.05) is 13.1 Å². The average molecular weight is 315 g/mol. The van der Waals surface area contributed by atoms with Gasteiger partial charge in [-0.2, -0.15) is 13.2 Å². The standard InChI is InChI=1S/C13H12F3N3OS/c1-8-2-4-9(5-3-8)12(13(14,15)16)18-10(20)19-7-6-17-11(19)21-12/h2-5H,6-7H2,1H3,(H,18,20)/t12-/m0/s1. The maximum atomic E-state index is 13.7. The monoisotopic (exact) mass is 315 g/mol. The van der Waals surface area contributed by atoms with Crippen molar-refractivity contribution in [3.63, 3.8) is 0 Å². The zero-order valence-electron chi connectivity index (χ0n) is 11.1. The van der Waals surface area contributed by atoms with Gasteiger partial charge in [0.05, 0.1) is 6.54 Å². The first kappa shape index (κ1) is 14.2. The van der Waals surface area contributed by atoms with Gasteiger partial charge in [0.15, 0.2) is 5.17 Å². The number of rotatable bonds is 1. The highest BCUT2D eigenvalue weighted by Gasteiger charge is 2.62. The Morgan fingerprint density at radius 1 is 1.33 bits per heavy atom. The molecule has 1 aromatic carbocycles. The fraction of sp³-hybridized carbons (Fsp3) is 0.385. The van der Waals surface area contributed by atoms with Gasteiger partial charge in [-0.1, -0.05) is 29.8 Å². The van der Waals surface area contributed by atoms with Crippen LogP contribution in [0.2, 0.25) is 0 Å². The molecule has 0 spiro atoms. The number of fused-ring (bicyclic) bond motifs is 1. The van der Waals surface area contributed by atoms with Crippen LogP contribution in [0.1, 0.15) is 11.1 Å². The summed E-state index contributed by atoms with van der Waals surface area (Å²) in [5, 5.41) is 2.24. The molecule has 0 bridgehead atoms. The molecule has 2 aliphatic heterocycles. The quantitative estimate of drug-likeness (QED) is 0.866. The van der Waals surface area contributed by atoms with Gasteiger partial charge in [-0.15, -0.1) is 0 Å². The number of nitrogens with zero attached hydrogens (tertiary/aromatic N) is 2. The fourth-order valence-electron chi connectivity index (χ4n) is 2.29. The molecule has 1 fully saturated rings. The number of aliphatic imine (C=N–C) groups is 1. The second kappa shape index (κ2) is 4.66. The summed E-state index contributed by atoms with van der Waals surface area (Å²) in [4.78, 5) is 14.8. The van der Waals surface area contributed by atoms with Crippen molar-refractivity contribution in [3.05, 3.63) is 35.4 Å². The van der Waals surface area contributed by atoms with Crippen LogP contribution in [-0.2, 0) is 4.87 Å². The lowest BCUT2D eigenvalue weighted by Gasteiger charge is -2.41. The molecular weight excluding hydrogens is 303 g/mol. The van der Waals surface area contributed by atoms with Crippen LogP contribution in [0.3, 0.4) is 0 Å². The number of hydrogen-bond donors (Lipinski definition) is 1. The zero-order valence-corrected chi connectivity index (χ0v) is 11.9. The van der Waals surface area contributed by atoms with E-state index < -0.39 is 17.1 Å². The number of nitrogens with one attached hydrogen (secondary N) is 1. The van der Waals surface area contributed by atoms with Crippen molar-refractivity contribution in [2.24, 2.45) is 4.99 Å². The van der Waals surface area contributed by atoms with Gasteiger partial charge in [0, 0.05) is 6.54 Å². The lowest BCUT2D eigenvalue weighted by molar-refractivity contribution is -0.167. The van der Waals surface area contributed by atoms with Crippen LogP contribution in [-0.4, -0.2) is 35.4 Å². The third-order valence-corrected chi connectivity index (χ3v) is 4.84. The molecule has 2 aliphatic rings. The van der Waals surface area contributed by atoms with E-state index in [4.69, 9.17) is 0 Å². The molecule has 1 aromatic rings. The number of benzene rings is 1. The summed E-state index contributed by atoms with van der Waals surface area (Å²) in [5.41, 5.74) is 0.844. The van der Waals surface area contributed by atoms with E-state index in [1.165, 1.54) is 17.0 Å². The topological polar surface area (TPSA) is 44.7 Å². The van der Waals surface area contributed by atoms with E-state index in [1.807, 2.05) is 0 Å². The molecule has 2 amide bonds.